The first-order chi connectivity index (χ1) is 14.3. The standard InChI is InChI=1S/C22H29N3O4S/c1-17-7-8-21(13-18(17)2)30(27,28)24(3)16-22(26)23-20-6-4-5-19(14-20)15-25-9-11-29-12-10-25/h4-8,13-14H,9-12,15-16H2,1-3H3,(H,23,26). The Morgan fingerprint density at radius 2 is 1.83 bits per heavy atom. The molecule has 0 atom stereocenters. The molecule has 30 heavy (non-hydrogen) atoms. The van der Waals surface area contributed by atoms with Gasteiger partial charge in [0.25, 0.3) is 0 Å². The second-order valence-corrected chi connectivity index (χ2v) is 9.69. The molecule has 1 saturated heterocycles. The summed E-state index contributed by atoms with van der Waals surface area (Å²) in [7, 11) is -2.32. The van der Waals surface area contributed by atoms with Gasteiger partial charge in [-0.3, -0.25) is 9.69 Å². The Bertz CT molecular complexity index is 1000. The molecule has 2 aromatic carbocycles. The Balaban J connectivity index is 1.61. The molecular weight excluding hydrogens is 402 g/mol. The van der Waals surface area contributed by atoms with Gasteiger partial charge in [0, 0.05) is 32.4 Å². The Labute approximate surface area is 178 Å². The van der Waals surface area contributed by atoms with E-state index in [0.29, 0.717) is 5.69 Å². The van der Waals surface area contributed by atoms with Crippen LogP contribution in [0.25, 0.3) is 0 Å². The van der Waals surface area contributed by atoms with Crippen molar-refractivity contribution in [2.75, 3.05) is 45.2 Å². The number of hydrogen-bond donors (Lipinski definition) is 1. The maximum absolute atomic E-state index is 12.8. The number of rotatable bonds is 7. The molecule has 7 nitrogen and oxygen atoms in total. The van der Waals surface area contributed by atoms with Gasteiger partial charge in [-0.2, -0.15) is 4.31 Å². The van der Waals surface area contributed by atoms with Crippen molar-refractivity contribution >= 4 is 21.6 Å². The maximum atomic E-state index is 12.8. The number of anilines is 1. The molecule has 3 rings (SSSR count). The zero-order chi connectivity index (χ0) is 21.7. The maximum Gasteiger partial charge on any atom is 0.243 e. The van der Waals surface area contributed by atoms with E-state index >= 15 is 0 Å². The zero-order valence-corrected chi connectivity index (χ0v) is 18.5. The summed E-state index contributed by atoms with van der Waals surface area (Å²) in [5, 5.41) is 2.81. The molecule has 1 fully saturated rings. The third-order valence-electron chi connectivity index (χ3n) is 5.27. The molecule has 0 aliphatic carbocycles. The number of aryl methyl sites for hydroxylation is 2. The summed E-state index contributed by atoms with van der Waals surface area (Å²) in [4.78, 5) is 15.0. The zero-order valence-electron chi connectivity index (χ0n) is 17.7. The fourth-order valence-electron chi connectivity index (χ4n) is 3.31. The quantitative estimate of drug-likeness (QED) is 0.728. The lowest BCUT2D eigenvalue weighted by molar-refractivity contribution is -0.116. The number of hydrogen-bond acceptors (Lipinski definition) is 5. The van der Waals surface area contributed by atoms with Crippen LogP contribution in [0.5, 0.6) is 0 Å². The van der Waals surface area contributed by atoms with E-state index in [1.807, 2.05) is 32.0 Å². The number of sulfonamides is 1. The molecule has 0 unspecified atom stereocenters. The molecule has 0 saturated carbocycles. The number of nitrogens with one attached hydrogen (secondary N) is 1. The third kappa shape index (κ3) is 5.66. The smallest absolute Gasteiger partial charge is 0.243 e. The first-order valence-corrected chi connectivity index (χ1v) is 11.4. The summed E-state index contributed by atoms with van der Waals surface area (Å²) in [5.41, 5.74) is 3.66. The van der Waals surface area contributed by atoms with Crippen molar-refractivity contribution in [2.45, 2.75) is 25.3 Å². The number of amides is 1. The van der Waals surface area contributed by atoms with Crippen LogP contribution in [-0.4, -0.2) is 63.4 Å². The van der Waals surface area contributed by atoms with Gasteiger partial charge in [-0.1, -0.05) is 18.2 Å². The monoisotopic (exact) mass is 431 g/mol. The predicted molar refractivity (Wildman–Crippen MR) is 117 cm³/mol. The highest BCUT2D eigenvalue weighted by atomic mass is 32.2. The normalized spacial score (nSPS) is 15.3. The van der Waals surface area contributed by atoms with Crippen LogP contribution in [-0.2, 0) is 26.1 Å². The summed E-state index contributed by atoms with van der Waals surface area (Å²) >= 11 is 0. The van der Waals surface area contributed by atoms with Gasteiger partial charge in [-0.05, 0) is 54.8 Å². The van der Waals surface area contributed by atoms with E-state index in [2.05, 4.69) is 10.2 Å². The van der Waals surface area contributed by atoms with Gasteiger partial charge >= 0.3 is 0 Å². The molecule has 1 heterocycles. The van der Waals surface area contributed by atoms with E-state index < -0.39 is 10.0 Å². The van der Waals surface area contributed by atoms with Crippen LogP contribution < -0.4 is 5.32 Å². The minimum atomic E-state index is -3.74. The molecule has 8 heteroatoms. The van der Waals surface area contributed by atoms with E-state index in [1.165, 1.54) is 7.05 Å². The van der Waals surface area contributed by atoms with Crippen LogP contribution in [0.3, 0.4) is 0 Å². The van der Waals surface area contributed by atoms with Gasteiger partial charge in [0.2, 0.25) is 15.9 Å². The molecule has 1 amide bonds. The average Bonchev–Trinajstić information content (AvgIpc) is 2.71. The number of likely N-dealkylation sites (N-methyl/N-ethyl adjacent to an activating group) is 1. The molecule has 2 aromatic rings. The van der Waals surface area contributed by atoms with Gasteiger partial charge in [-0.25, -0.2) is 8.42 Å². The van der Waals surface area contributed by atoms with Gasteiger partial charge in [-0.15, -0.1) is 0 Å². The molecule has 1 aliphatic heterocycles. The molecule has 1 N–H and O–H groups in total. The lowest BCUT2D eigenvalue weighted by Gasteiger charge is -2.26. The fourth-order valence-corrected chi connectivity index (χ4v) is 4.52. The molecule has 1 aliphatic rings. The van der Waals surface area contributed by atoms with Crippen molar-refractivity contribution in [3.63, 3.8) is 0 Å². The molecule has 0 radical (unpaired) electrons. The molecule has 162 valence electrons. The van der Waals surface area contributed by atoms with Crippen LogP contribution in [0.15, 0.2) is 47.4 Å². The summed E-state index contributed by atoms with van der Waals surface area (Å²) in [6.07, 6.45) is 0. The average molecular weight is 432 g/mol. The SMILES string of the molecule is Cc1ccc(S(=O)(=O)N(C)CC(=O)Nc2cccc(CN3CCOCC3)c2)cc1C. The second kappa shape index (κ2) is 9.70. The van der Waals surface area contributed by atoms with Crippen LogP contribution in [0.4, 0.5) is 5.69 Å². The highest BCUT2D eigenvalue weighted by Crippen LogP contribution is 2.19. The van der Waals surface area contributed by atoms with Gasteiger partial charge in [0.05, 0.1) is 24.7 Å². The molecule has 0 aromatic heterocycles. The highest BCUT2D eigenvalue weighted by molar-refractivity contribution is 7.89. The minimum Gasteiger partial charge on any atom is -0.379 e. The highest BCUT2D eigenvalue weighted by Gasteiger charge is 2.23. The number of nitrogens with zero attached hydrogens (tertiary/aromatic N) is 2. The van der Waals surface area contributed by atoms with Crippen LogP contribution in [0, 0.1) is 13.8 Å². The summed E-state index contributed by atoms with van der Waals surface area (Å²) < 4.78 is 32.0. The van der Waals surface area contributed by atoms with Crippen molar-refractivity contribution in [2.24, 2.45) is 0 Å². The van der Waals surface area contributed by atoms with E-state index in [-0.39, 0.29) is 17.3 Å². The Kier molecular flexibility index (Phi) is 7.25. The van der Waals surface area contributed by atoms with Gasteiger partial charge in [0.15, 0.2) is 0 Å². The molecule has 0 bridgehead atoms. The fraction of sp³-hybridized carbons (Fsp3) is 0.409. The lowest BCUT2D eigenvalue weighted by Crippen LogP contribution is -2.35. The Hall–Kier alpha value is -2.26. The molecular formula is C22H29N3O4S. The van der Waals surface area contributed by atoms with Crippen LogP contribution in [0.1, 0.15) is 16.7 Å². The first-order valence-electron chi connectivity index (χ1n) is 9.98. The van der Waals surface area contributed by atoms with E-state index in [9.17, 15) is 13.2 Å². The summed E-state index contributed by atoms with van der Waals surface area (Å²) in [6, 6.07) is 12.6. The van der Waals surface area contributed by atoms with Gasteiger partial charge < -0.3 is 10.1 Å². The van der Waals surface area contributed by atoms with Crippen LogP contribution >= 0.6 is 0 Å². The van der Waals surface area contributed by atoms with Crippen molar-refractivity contribution in [3.05, 3.63) is 59.2 Å². The van der Waals surface area contributed by atoms with Crippen molar-refractivity contribution in [3.8, 4) is 0 Å². The van der Waals surface area contributed by atoms with Crippen molar-refractivity contribution in [1.29, 1.82) is 0 Å². The Morgan fingerprint density at radius 3 is 2.53 bits per heavy atom. The largest absolute Gasteiger partial charge is 0.379 e. The van der Waals surface area contributed by atoms with E-state index in [1.54, 1.807) is 24.3 Å². The number of carbonyl (C=O) groups is 1. The number of carbonyl (C=O) groups excluding carboxylic acids is 1. The minimum absolute atomic E-state index is 0.188. The van der Waals surface area contributed by atoms with E-state index in [0.717, 1.165) is 53.8 Å². The third-order valence-corrected chi connectivity index (χ3v) is 7.07. The van der Waals surface area contributed by atoms with Crippen LogP contribution in [0.2, 0.25) is 0 Å². The predicted octanol–water partition coefficient (Wildman–Crippen LogP) is 2.39. The summed E-state index contributed by atoms with van der Waals surface area (Å²) in [5.74, 6) is -0.381. The van der Waals surface area contributed by atoms with E-state index in [4.69, 9.17) is 4.74 Å². The number of ether oxygens (including phenoxy) is 1. The second-order valence-electron chi connectivity index (χ2n) is 7.64. The van der Waals surface area contributed by atoms with Crippen molar-refractivity contribution < 1.29 is 17.9 Å². The number of benzene rings is 2. The summed E-state index contributed by atoms with van der Waals surface area (Å²) in [6.45, 7) is 7.56. The first kappa shape index (κ1) is 22.4. The number of morpholine rings is 1. The lowest BCUT2D eigenvalue weighted by atomic mass is 10.1. The van der Waals surface area contributed by atoms with Gasteiger partial charge in [0.1, 0.15) is 0 Å². The molecule has 0 spiro atoms. The van der Waals surface area contributed by atoms with Crippen molar-refractivity contribution in [1.82, 2.24) is 9.21 Å². The Morgan fingerprint density at radius 1 is 1.10 bits per heavy atom. The topological polar surface area (TPSA) is 79.0 Å².